The number of rotatable bonds is 8. The van der Waals surface area contributed by atoms with Gasteiger partial charge in [-0.15, -0.1) is 11.3 Å². The normalized spacial score (nSPS) is 11.3. The van der Waals surface area contributed by atoms with Gasteiger partial charge in [0.15, 0.2) is 11.2 Å². The lowest BCUT2D eigenvalue weighted by Crippen LogP contribution is -2.19. The molecule has 0 unspecified atom stereocenters. The zero-order valence-corrected chi connectivity index (χ0v) is 15.9. The summed E-state index contributed by atoms with van der Waals surface area (Å²) in [5, 5.41) is 14.4. The summed E-state index contributed by atoms with van der Waals surface area (Å²) >= 11 is 1.07. The molecule has 8 nitrogen and oxygen atoms in total. The summed E-state index contributed by atoms with van der Waals surface area (Å²) in [5.74, 6) is -2.05. The molecule has 0 radical (unpaired) electrons. The summed E-state index contributed by atoms with van der Waals surface area (Å²) in [4.78, 5) is 32.4. The first-order valence-electron chi connectivity index (χ1n) is 8.48. The highest BCUT2D eigenvalue weighted by atomic mass is 32.1. The van der Waals surface area contributed by atoms with E-state index in [0.29, 0.717) is 0 Å². The van der Waals surface area contributed by atoms with E-state index in [1.165, 1.54) is 5.38 Å². The van der Waals surface area contributed by atoms with Crippen molar-refractivity contribution in [2.45, 2.75) is 6.10 Å². The molecule has 0 atom stereocenters. The van der Waals surface area contributed by atoms with E-state index in [4.69, 9.17) is 15.3 Å². The fourth-order valence-electron chi connectivity index (χ4n) is 2.49. The standard InChI is InChI=1S/C20H17N3O5S/c21-20-22-15(12-29-20)17(19(25)26)23-27-11-16(24)28-18(13-7-3-1-4-8-13)14-9-5-2-6-10-14/h1-10,12,18H,11H2,(H2,21,22)(H,25,26)/b23-17+. The van der Waals surface area contributed by atoms with Gasteiger partial charge >= 0.3 is 11.9 Å². The highest BCUT2D eigenvalue weighted by Gasteiger charge is 2.20. The van der Waals surface area contributed by atoms with Gasteiger partial charge in [0.1, 0.15) is 5.69 Å². The molecule has 0 bridgehead atoms. The van der Waals surface area contributed by atoms with Crippen LogP contribution < -0.4 is 5.73 Å². The summed E-state index contributed by atoms with van der Waals surface area (Å²) < 4.78 is 5.56. The van der Waals surface area contributed by atoms with Crippen LogP contribution in [-0.2, 0) is 19.2 Å². The lowest BCUT2D eigenvalue weighted by atomic mass is 10.0. The first-order valence-corrected chi connectivity index (χ1v) is 9.36. The Hall–Kier alpha value is -3.72. The first kappa shape index (κ1) is 20.0. The Kier molecular flexibility index (Phi) is 6.54. The molecule has 1 heterocycles. The molecular weight excluding hydrogens is 394 g/mol. The maximum Gasteiger partial charge on any atom is 0.360 e. The number of aliphatic carboxylic acids is 1. The van der Waals surface area contributed by atoms with Crippen LogP contribution in [0.25, 0.3) is 0 Å². The van der Waals surface area contributed by atoms with Crippen molar-refractivity contribution in [3.05, 3.63) is 82.9 Å². The Morgan fingerprint density at radius 2 is 1.66 bits per heavy atom. The second-order valence-corrected chi connectivity index (χ2v) is 6.67. The molecule has 3 aromatic rings. The highest BCUT2D eigenvalue weighted by Crippen LogP contribution is 2.25. The molecule has 148 valence electrons. The van der Waals surface area contributed by atoms with Crippen molar-refractivity contribution in [2.24, 2.45) is 5.16 Å². The third kappa shape index (κ3) is 5.39. The molecule has 0 amide bonds. The zero-order chi connectivity index (χ0) is 20.6. The van der Waals surface area contributed by atoms with Gasteiger partial charge in [-0.3, -0.25) is 0 Å². The number of nitrogens with two attached hydrogens (primary N) is 1. The lowest BCUT2D eigenvalue weighted by Gasteiger charge is -2.18. The topological polar surface area (TPSA) is 124 Å². The smallest absolute Gasteiger partial charge is 0.360 e. The van der Waals surface area contributed by atoms with Crippen molar-refractivity contribution in [3.8, 4) is 0 Å². The molecule has 0 aliphatic heterocycles. The van der Waals surface area contributed by atoms with E-state index in [2.05, 4.69) is 10.1 Å². The van der Waals surface area contributed by atoms with Crippen LogP contribution in [-0.4, -0.2) is 34.3 Å². The Morgan fingerprint density at radius 3 is 2.14 bits per heavy atom. The van der Waals surface area contributed by atoms with Gasteiger partial charge in [-0.05, 0) is 11.1 Å². The van der Waals surface area contributed by atoms with Crippen LogP contribution in [0.3, 0.4) is 0 Å². The molecule has 0 fully saturated rings. The molecule has 0 spiro atoms. The van der Waals surface area contributed by atoms with Crippen molar-refractivity contribution in [2.75, 3.05) is 12.3 Å². The molecule has 1 aromatic heterocycles. The fraction of sp³-hybridized carbons (Fsp3) is 0.100. The van der Waals surface area contributed by atoms with E-state index >= 15 is 0 Å². The first-order chi connectivity index (χ1) is 14.0. The van der Waals surface area contributed by atoms with E-state index in [9.17, 15) is 14.7 Å². The minimum absolute atomic E-state index is 0.0554. The third-order valence-electron chi connectivity index (χ3n) is 3.76. The van der Waals surface area contributed by atoms with Gasteiger partial charge in [0, 0.05) is 5.38 Å². The average molecular weight is 411 g/mol. The van der Waals surface area contributed by atoms with E-state index in [0.717, 1.165) is 22.5 Å². The molecule has 9 heteroatoms. The largest absolute Gasteiger partial charge is 0.476 e. The van der Waals surface area contributed by atoms with Crippen molar-refractivity contribution in [1.29, 1.82) is 0 Å². The van der Waals surface area contributed by atoms with E-state index in [-0.39, 0.29) is 10.8 Å². The predicted molar refractivity (Wildman–Crippen MR) is 107 cm³/mol. The van der Waals surface area contributed by atoms with E-state index < -0.39 is 30.4 Å². The average Bonchev–Trinajstić information content (AvgIpc) is 3.16. The third-order valence-corrected chi connectivity index (χ3v) is 4.43. The maximum absolute atomic E-state index is 12.3. The number of oxime groups is 1. The van der Waals surface area contributed by atoms with Crippen LogP contribution in [0.1, 0.15) is 22.9 Å². The summed E-state index contributed by atoms with van der Waals surface area (Å²) in [6.45, 7) is -0.563. The summed E-state index contributed by atoms with van der Waals surface area (Å²) in [6, 6.07) is 18.5. The number of carbonyl (C=O) groups excluding carboxylic acids is 1. The van der Waals surface area contributed by atoms with Crippen molar-refractivity contribution in [1.82, 2.24) is 4.98 Å². The predicted octanol–water partition coefficient (Wildman–Crippen LogP) is 2.86. The number of ether oxygens (including phenoxy) is 1. The number of carboxylic acid groups (broad SMARTS) is 1. The number of esters is 1. The van der Waals surface area contributed by atoms with Gasteiger partial charge in [0.25, 0.3) is 0 Å². The Bertz CT molecular complexity index is 966. The number of hydrogen-bond donors (Lipinski definition) is 2. The summed E-state index contributed by atoms with van der Waals surface area (Å²) in [7, 11) is 0. The van der Waals surface area contributed by atoms with Crippen molar-refractivity contribution in [3.63, 3.8) is 0 Å². The number of benzene rings is 2. The molecule has 3 N–H and O–H groups in total. The molecule has 0 saturated carbocycles. The number of thiazole rings is 1. The van der Waals surface area contributed by atoms with Gasteiger partial charge < -0.3 is 20.4 Å². The number of aromatic nitrogens is 1. The molecule has 0 aliphatic carbocycles. The molecule has 29 heavy (non-hydrogen) atoms. The van der Waals surface area contributed by atoms with Gasteiger partial charge in [0.05, 0.1) is 0 Å². The maximum atomic E-state index is 12.3. The molecule has 3 rings (SSSR count). The van der Waals surface area contributed by atoms with Crippen LogP contribution in [0.15, 0.2) is 71.2 Å². The Morgan fingerprint density at radius 1 is 1.07 bits per heavy atom. The molecule has 2 aromatic carbocycles. The number of hydrogen-bond acceptors (Lipinski definition) is 8. The fourth-order valence-corrected chi connectivity index (χ4v) is 3.04. The minimum Gasteiger partial charge on any atom is -0.476 e. The highest BCUT2D eigenvalue weighted by molar-refractivity contribution is 7.13. The van der Waals surface area contributed by atoms with Crippen LogP contribution >= 0.6 is 11.3 Å². The van der Waals surface area contributed by atoms with E-state index in [1.807, 2.05) is 60.7 Å². The summed E-state index contributed by atoms with van der Waals surface area (Å²) in [5.41, 5.74) is 6.69. The monoisotopic (exact) mass is 411 g/mol. The van der Waals surface area contributed by atoms with Crippen LogP contribution in [0, 0.1) is 0 Å². The number of anilines is 1. The SMILES string of the molecule is Nc1nc(/C(=N\OCC(=O)OC(c2ccccc2)c2ccccc2)C(=O)O)cs1. The van der Waals surface area contributed by atoms with Gasteiger partial charge in [-0.1, -0.05) is 65.8 Å². The minimum atomic E-state index is -1.35. The number of carboxylic acids is 1. The summed E-state index contributed by atoms with van der Waals surface area (Å²) in [6.07, 6.45) is -0.630. The molecule has 0 aliphatic rings. The van der Waals surface area contributed by atoms with Gasteiger partial charge in [-0.25, -0.2) is 14.6 Å². The van der Waals surface area contributed by atoms with Crippen molar-refractivity contribution >= 4 is 34.1 Å². The Labute approximate surface area is 170 Å². The number of nitrogens with zero attached hydrogens (tertiary/aromatic N) is 2. The molecular formula is C20H17N3O5S. The van der Waals surface area contributed by atoms with Gasteiger partial charge in [0.2, 0.25) is 12.3 Å². The lowest BCUT2D eigenvalue weighted by molar-refractivity contribution is -0.153. The molecule has 0 saturated heterocycles. The van der Waals surface area contributed by atoms with Crippen molar-refractivity contribution < 1.29 is 24.3 Å². The second-order valence-electron chi connectivity index (χ2n) is 5.78. The quantitative estimate of drug-likeness (QED) is 0.332. The zero-order valence-electron chi connectivity index (χ0n) is 15.1. The van der Waals surface area contributed by atoms with E-state index in [1.54, 1.807) is 0 Å². The van der Waals surface area contributed by atoms with Crippen LogP contribution in [0.4, 0.5) is 5.13 Å². The number of nitrogen functional groups attached to an aromatic ring is 1. The number of carbonyl (C=O) groups is 2. The van der Waals surface area contributed by atoms with Crippen LogP contribution in [0.2, 0.25) is 0 Å². The second kappa shape index (κ2) is 9.47. The Balaban J connectivity index is 1.70. The van der Waals surface area contributed by atoms with Gasteiger partial charge in [-0.2, -0.15) is 0 Å². The van der Waals surface area contributed by atoms with Crippen LogP contribution in [0.5, 0.6) is 0 Å².